The summed E-state index contributed by atoms with van der Waals surface area (Å²) in [6, 6.07) is 21.9. The Morgan fingerprint density at radius 3 is 1.68 bits per heavy atom. The maximum absolute atomic E-state index is 14.1. The van der Waals surface area contributed by atoms with Crippen LogP contribution >= 0.6 is 39.0 Å². The average Bonchev–Trinajstić information content (AvgIpc) is 2.78. The van der Waals surface area contributed by atoms with E-state index in [1.807, 2.05) is 54.6 Å². The van der Waals surface area contributed by atoms with Crippen LogP contribution in [0.3, 0.4) is 0 Å². The molecule has 4 heteroatoms. The molecule has 0 aromatic heterocycles. The van der Waals surface area contributed by atoms with Crippen LogP contribution in [0.4, 0.5) is 0 Å². The molecule has 0 N–H and O–H groups in total. The maximum Gasteiger partial charge on any atom is 0.172 e. The van der Waals surface area contributed by atoms with Crippen molar-refractivity contribution < 1.29 is 4.57 Å². The van der Waals surface area contributed by atoms with Gasteiger partial charge in [-0.1, -0.05) is 74.3 Å². The first-order valence-corrected chi connectivity index (χ1v) is 10.2. The minimum absolute atomic E-state index is 0.881. The molecule has 0 atom stereocenters. The van der Waals surface area contributed by atoms with E-state index < -0.39 is 7.14 Å². The zero-order valence-electron chi connectivity index (χ0n) is 11.5. The van der Waals surface area contributed by atoms with Gasteiger partial charge in [-0.2, -0.15) is 0 Å². The minimum Gasteiger partial charge on any atom is -0.309 e. The molecule has 1 heterocycles. The van der Waals surface area contributed by atoms with Crippen molar-refractivity contribution in [1.82, 2.24) is 0 Å². The first-order chi connectivity index (χ1) is 10.6. The van der Waals surface area contributed by atoms with E-state index in [4.69, 9.17) is 0 Å². The minimum atomic E-state index is -2.82. The van der Waals surface area contributed by atoms with Crippen molar-refractivity contribution in [3.63, 3.8) is 0 Å². The maximum atomic E-state index is 14.1. The number of benzene rings is 3. The van der Waals surface area contributed by atoms with E-state index >= 15 is 0 Å². The van der Waals surface area contributed by atoms with Crippen LogP contribution in [0.2, 0.25) is 0 Å². The first-order valence-electron chi connectivity index (χ1n) is 6.87. The molecule has 0 saturated heterocycles. The van der Waals surface area contributed by atoms with Gasteiger partial charge in [0.15, 0.2) is 7.14 Å². The van der Waals surface area contributed by atoms with Gasteiger partial charge in [-0.05, 0) is 35.4 Å². The topological polar surface area (TPSA) is 17.1 Å². The second-order valence-corrected chi connectivity index (χ2v) is 9.80. The van der Waals surface area contributed by atoms with Crippen molar-refractivity contribution >= 4 is 54.9 Å². The second kappa shape index (κ2) is 5.19. The van der Waals surface area contributed by atoms with Crippen molar-refractivity contribution in [2.45, 2.75) is 0 Å². The van der Waals surface area contributed by atoms with Gasteiger partial charge in [0, 0.05) is 24.9 Å². The van der Waals surface area contributed by atoms with Crippen molar-refractivity contribution in [2.75, 3.05) is 0 Å². The molecule has 1 nitrogen and oxygen atoms in total. The van der Waals surface area contributed by atoms with Crippen LogP contribution in [-0.4, -0.2) is 0 Å². The van der Waals surface area contributed by atoms with Crippen LogP contribution in [-0.2, 0) is 4.57 Å². The molecule has 0 fully saturated rings. The van der Waals surface area contributed by atoms with Crippen LogP contribution in [0, 0.1) is 0 Å². The lowest BCUT2D eigenvalue weighted by Gasteiger charge is -2.16. The molecule has 3 aromatic carbocycles. The Kier molecular flexibility index (Phi) is 3.41. The zero-order valence-corrected chi connectivity index (χ0v) is 15.5. The third kappa shape index (κ3) is 2.00. The summed E-state index contributed by atoms with van der Waals surface area (Å²) in [6.07, 6.45) is 0. The lowest BCUT2D eigenvalue weighted by molar-refractivity contribution is 0.593. The predicted molar refractivity (Wildman–Crippen MR) is 100 cm³/mol. The normalized spacial score (nSPS) is 14.5. The van der Waals surface area contributed by atoms with Crippen molar-refractivity contribution in [2.24, 2.45) is 0 Å². The van der Waals surface area contributed by atoms with Crippen LogP contribution in [0.25, 0.3) is 11.1 Å². The molecule has 3 aromatic rings. The lowest BCUT2D eigenvalue weighted by Crippen LogP contribution is -2.20. The Morgan fingerprint density at radius 2 is 1.18 bits per heavy atom. The Bertz CT molecular complexity index is 880. The number of rotatable bonds is 1. The van der Waals surface area contributed by atoms with Gasteiger partial charge < -0.3 is 4.57 Å². The summed E-state index contributed by atoms with van der Waals surface area (Å²) in [4.78, 5) is 0. The molecular weight excluding hydrogens is 423 g/mol. The molecule has 4 rings (SSSR count). The highest BCUT2D eigenvalue weighted by molar-refractivity contribution is 9.10. The average molecular weight is 434 g/mol. The molecule has 0 radical (unpaired) electrons. The van der Waals surface area contributed by atoms with Gasteiger partial charge in [-0.15, -0.1) is 0 Å². The predicted octanol–water partition coefficient (Wildman–Crippen LogP) is 4.83. The van der Waals surface area contributed by atoms with Crippen molar-refractivity contribution in [3.8, 4) is 11.1 Å². The summed E-state index contributed by atoms with van der Waals surface area (Å²) in [5, 5.41) is 2.72. The number of fused-ring (bicyclic) bond motifs is 3. The molecule has 22 heavy (non-hydrogen) atoms. The Labute approximate surface area is 146 Å². The van der Waals surface area contributed by atoms with Gasteiger partial charge in [0.25, 0.3) is 0 Å². The highest BCUT2D eigenvalue weighted by Crippen LogP contribution is 2.52. The van der Waals surface area contributed by atoms with Gasteiger partial charge in [-0.3, -0.25) is 0 Å². The van der Waals surface area contributed by atoms with E-state index in [9.17, 15) is 4.57 Å². The molecular formula is C18H11Br2OP. The standard InChI is InChI=1S/C18H11Br2OP/c19-12-6-8-15-16-9-7-13(20)11-18(16)22(21,17(15)10-12)14-4-2-1-3-5-14/h1-11H. The van der Waals surface area contributed by atoms with E-state index in [1.54, 1.807) is 0 Å². The zero-order chi connectivity index (χ0) is 15.3. The summed E-state index contributed by atoms with van der Waals surface area (Å²) >= 11 is 7.04. The van der Waals surface area contributed by atoms with Gasteiger partial charge in [0.05, 0.1) is 0 Å². The summed E-state index contributed by atoms with van der Waals surface area (Å²) in [6.45, 7) is 0. The SMILES string of the molecule is O=P1(c2ccccc2)c2cc(Br)ccc2-c2ccc(Br)cc21. The van der Waals surface area contributed by atoms with E-state index in [-0.39, 0.29) is 0 Å². The van der Waals surface area contributed by atoms with Gasteiger partial charge in [0.1, 0.15) is 0 Å². The molecule has 0 spiro atoms. The van der Waals surface area contributed by atoms with E-state index in [0.717, 1.165) is 36.0 Å². The molecule has 0 unspecified atom stereocenters. The fourth-order valence-corrected chi connectivity index (χ4v) is 7.23. The number of hydrogen-bond donors (Lipinski definition) is 0. The molecule has 0 amide bonds. The summed E-state index contributed by atoms with van der Waals surface area (Å²) in [5.41, 5.74) is 2.13. The quantitative estimate of drug-likeness (QED) is 0.393. The smallest absolute Gasteiger partial charge is 0.172 e. The highest BCUT2D eigenvalue weighted by Gasteiger charge is 2.40. The molecule has 0 saturated carbocycles. The van der Waals surface area contributed by atoms with E-state index in [0.29, 0.717) is 0 Å². The molecule has 108 valence electrons. The Morgan fingerprint density at radius 1 is 0.682 bits per heavy atom. The highest BCUT2D eigenvalue weighted by atomic mass is 79.9. The third-order valence-electron chi connectivity index (χ3n) is 4.01. The van der Waals surface area contributed by atoms with Crippen LogP contribution < -0.4 is 15.9 Å². The van der Waals surface area contributed by atoms with Gasteiger partial charge >= 0.3 is 0 Å². The Balaban J connectivity index is 2.14. The molecule has 1 aliphatic rings. The summed E-state index contributed by atoms with van der Waals surface area (Å²) < 4.78 is 16.0. The van der Waals surface area contributed by atoms with Crippen LogP contribution in [0.5, 0.6) is 0 Å². The van der Waals surface area contributed by atoms with Crippen LogP contribution in [0.15, 0.2) is 75.7 Å². The largest absolute Gasteiger partial charge is 0.309 e. The Hall–Kier alpha value is -1.15. The van der Waals surface area contributed by atoms with Crippen LogP contribution in [0.1, 0.15) is 0 Å². The number of halogens is 2. The van der Waals surface area contributed by atoms with Crippen molar-refractivity contribution in [1.29, 1.82) is 0 Å². The second-order valence-electron chi connectivity index (χ2n) is 5.27. The third-order valence-corrected chi connectivity index (χ3v) is 8.12. The number of hydrogen-bond acceptors (Lipinski definition) is 1. The van der Waals surface area contributed by atoms with Crippen molar-refractivity contribution in [3.05, 3.63) is 75.7 Å². The van der Waals surface area contributed by atoms with E-state index in [2.05, 4.69) is 44.0 Å². The molecule has 0 bridgehead atoms. The monoisotopic (exact) mass is 432 g/mol. The molecule has 1 aliphatic heterocycles. The van der Waals surface area contributed by atoms with Gasteiger partial charge in [0.2, 0.25) is 0 Å². The fourth-order valence-electron chi connectivity index (χ4n) is 3.03. The lowest BCUT2D eigenvalue weighted by atomic mass is 10.1. The fraction of sp³-hybridized carbons (Fsp3) is 0. The van der Waals surface area contributed by atoms with E-state index in [1.165, 1.54) is 0 Å². The molecule has 0 aliphatic carbocycles. The summed E-state index contributed by atoms with van der Waals surface area (Å²) in [7, 11) is -2.82. The first kappa shape index (κ1) is 14.4. The summed E-state index contributed by atoms with van der Waals surface area (Å²) in [5.74, 6) is 0. The van der Waals surface area contributed by atoms with Gasteiger partial charge in [-0.25, -0.2) is 0 Å².